The lowest BCUT2D eigenvalue weighted by atomic mass is 10.0. The zero-order valence-corrected chi connectivity index (χ0v) is 19.7. The van der Waals surface area contributed by atoms with Gasteiger partial charge >= 0.3 is 0 Å². The summed E-state index contributed by atoms with van der Waals surface area (Å²) in [5, 5.41) is 6.68. The Labute approximate surface area is 181 Å². The number of ether oxygens (including phenoxy) is 1. The molecule has 0 bridgehead atoms. The number of hydrogen-bond acceptors (Lipinski definition) is 5. The van der Waals surface area contributed by atoms with Crippen molar-refractivity contribution in [2.75, 3.05) is 54.0 Å². The SMILES string of the molecule is CN=C(NCc1ccccc1S(=O)(=O)N(C)C)NCC(CC(C)C)N1CCOCC1. The van der Waals surface area contributed by atoms with Crippen molar-refractivity contribution in [3.63, 3.8) is 0 Å². The molecule has 1 fully saturated rings. The summed E-state index contributed by atoms with van der Waals surface area (Å²) in [5.74, 6) is 1.26. The predicted molar refractivity (Wildman–Crippen MR) is 121 cm³/mol. The molecule has 1 aromatic rings. The zero-order chi connectivity index (χ0) is 22.1. The highest BCUT2D eigenvalue weighted by Crippen LogP contribution is 2.18. The highest BCUT2D eigenvalue weighted by atomic mass is 32.2. The molecule has 0 amide bonds. The molecule has 1 aliphatic heterocycles. The molecule has 8 nitrogen and oxygen atoms in total. The summed E-state index contributed by atoms with van der Waals surface area (Å²) >= 11 is 0. The first-order valence-electron chi connectivity index (χ1n) is 10.5. The molecule has 2 N–H and O–H groups in total. The van der Waals surface area contributed by atoms with Crippen molar-refractivity contribution in [2.24, 2.45) is 10.9 Å². The number of guanidine groups is 1. The Morgan fingerprint density at radius 3 is 2.47 bits per heavy atom. The standard InChI is InChI=1S/C21H37N5O3S/c1-17(2)14-19(26-10-12-29-13-11-26)16-24-21(22-3)23-15-18-8-6-7-9-20(18)30(27,28)25(4)5/h6-9,17,19H,10-16H2,1-5H3,(H2,22,23,24). The molecule has 170 valence electrons. The van der Waals surface area contributed by atoms with E-state index in [9.17, 15) is 8.42 Å². The topological polar surface area (TPSA) is 86.3 Å². The third-order valence-electron chi connectivity index (χ3n) is 5.21. The fraction of sp³-hybridized carbons (Fsp3) is 0.667. The number of morpholine rings is 1. The van der Waals surface area contributed by atoms with Gasteiger partial charge in [0.1, 0.15) is 0 Å². The Balaban J connectivity index is 2.01. The maximum Gasteiger partial charge on any atom is 0.242 e. The first-order valence-corrected chi connectivity index (χ1v) is 12.0. The fourth-order valence-corrected chi connectivity index (χ4v) is 4.68. The molecule has 2 rings (SSSR count). The van der Waals surface area contributed by atoms with Gasteiger partial charge in [-0.05, 0) is 24.0 Å². The number of nitrogens with zero attached hydrogens (tertiary/aromatic N) is 3. The second kappa shape index (κ2) is 11.6. The summed E-state index contributed by atoms with van der Waals surface area (Å²) in [7, 11) is 1.31. The second-order valence-corrected chi connectivity index (χ2v) is 10.3. The van der Waals surface area contributed by atoms with Crippen molar-refractivity contribution in [3.8, 4) is 0 Å². The molecular formula is C21H37N5O3S. The van der Waals surface area contributed by atoms with Gasteiger partial charge in [-0.2, -0.15) is 0 Å². The lowest BCUT2D eigenvalue weighted by Crippen LogP contribution is -2.51. The molecule has 30 heavy (non-hydrogen) atoms. The summed E-state index contributed by atoms with van der Waals surface area (Å²) in [6, 6.07) is 7.45. The van der Waals surface area contributed by atoms with Gasteiger partial charge in [-0.1, -0.05) is 32.0 Å². The van der Waals surface area contributed by atoms with Gasteiger partial charge in [0.25, 0.3) is 0 Å². The van der Waals surface area contributed by atoms with Crippen molar-refractivity contribution in [2.45, 2.75) is 37.8 Å². The van der Waals surface area contributed by atoms with E-state index >= 15 is 0 Å². The third-order valence-corrected chi connectivity index (χ3v) is 7.13. The minimum Gasteiger partial charge on any atom is -0.379 e. The zero-order valence-electron chi connectivity index (χ0n) is 18.9. The van der Waals surface area contributed by atoms with E-state index in [1.165, 1.54) is 4.31 Å². The van der Waals surface area contributed by atoms with E-state index in [-0.39, 0.29) is 0 Å². The van der Waals surface area contributed by atoms with E-state index in [2.05, 4.69) is 34.4 Å². The molecule has 1 aromatic carbocycles. The quantitative estimate of drug-likeness (QED) is 0.446. The molecule has 1 aliphatic rings. The third kappa shape index (κ3) is 6.94. The van der Waals surface area contributed by atoms with E-state index in [0.29, 0.717) is 34.9 Å². The molecule has 0 spiro atoms. The minimum absolute atomic E-state index is 0.309. The Morgan fingerprint density at radius 2 is 1.87 bits per heavy atom. The smallest absolute Gasteiger partial charge is 0.242 e. The number of rotatable bonds is 9. The first kappa shape index (κ1) is 24.6. The highest BCUT2D eigenvalue weighted by Gasteiger charge is 2.23. The van der Waals surface area contributed by atoms with Crippen molar-refractivity contribution in [1.29, 1.82) is 0 Å². The van der Waals surface area contributed by atoms with Crippen molar-refractivity contribution in [1.82, 2.24) is 19.8 Å². The average molecular weight is 440 g/mol. The average Bonchev–Trinajstić information content (AvgIpc) is 2.73. The van der Waals surface area contributed by atoms with Gasteiger partial charge in [0.2, 0.25) is 10.0 Å². The predicted octanol–water partition coefficient (Wildman–Crippen LogP) is 1.35. The molecule has 1 heterocycles. The number of benzene rings is 1. The Kier molecular flexibility index (Phi) is 9.54. The van der Waals surface area contributed by atoms with Crippen LogP contribution in [-0.2, 0) is 21.3 Å². The largest absolute Gasteiger partial charge is 0.379 e. The van der Waals surface area contributed by atoms with Crippen LogP contribution in [0.2, 0.25) is 0 Å². The molecule has 0 radical (unpaired) electrons. The van der Waals surface area contributed by atoms with Gasteiger partial charge in [-0.25, -0.2) is 12.7 Å². The lowest BCUT2D eigenvalue weighted by Gasteiger charge is -2.35. The van der Waals surface area contributed by atoms with Crippen LogP contribution in [-0.4, -0.2) is 83.6 Å². The maximum absolute atomic E-state index is 12.6. The van der Waals surface area contributed by atoms with E-state index < -0.39 is 10.0 Å². The van der Waals surface area contributed by atoms with Crippen molar-refractivity contribution < 1.29 is 13.2 Å². The van der Waals surface area contributed by atoms with Crippen LogP contribution in [0, 0.1) is 5.92 Å². The normalized spacial score (nSPS) is 17.4. The number of aliphatic imine (C=N–C) groups is 1. The first-order chi connectivity index (χ1) is 14.3. The Hall–Kier alpha value is -1.68. The van der Waals surface area contributed by atoms with Crippen LogP contribution in [0.3, 0.4) is 0 Å². The van der Waals surface area contributed by atoms with Crippen LogP contribution in [0.15, 0.2) is 34.2 Å². The highest BCUT2D eigenvalue weighted by molar-refractivity contribution is 7.89. The molecule has 1 unspecified atom stereocenters. The number of nitrogens with one attached hydrogen (secondary N) is 2. The van der Waals surface area contributed by atoms with Gasteiger partial charge in [0.05, 0.1) is 18.1 Å². The van der Waals surface area contributed by atoms with Crippen LogP contribution in [0.1, 0.15) is 25.8 Å². The van der Waals surface area contributed by atoms with Gasteiger partial charge in [0, 0.05) is 53.4 Å². The van der Waals surface area contributed by atoms with E-state index in [1.807, 2.05) is 12.1 Å². The van der Waals surface area contributed by atoms with E-state index in [4.69, 9.17) is 4.74 Å². The van der Waals surface area contributed by atoms with Gasteiger partial charge in [-0.15, -0.1) is 0 Å². The van der Waals surface area contributed by atoms with E-state index in [1.54, 1.807) is 33.3 Å². The van der Waals surface area contributed by atoms with Gasteiger partial charge in [-0.3, -0.25) is 9.89 Å². The van der Waals surface area contributed by atoms with Crippen molar-refractivity contribution >= 4 is 16.0 Å². The summed E-state index contributed by atoms with van der Waals surface area (Å²) in [6.07, 6.45) is 1.09. The number of sulfonamides is 1. The molecule has 0 aliphatic carbocycles. The Bertz CT molecular complexity index is 790. The van der Waals surface area contributed by atoms with Crippen LogP contribution >= 0.6 is 0 Å². The van der Waals surface area contributed by atoms with Crippen LogP contribution in [0.25, 0.3) is 0 Å². The van der Waals surface area contributed by atoms with Crippen LogP contribution < -0.4 is 10.6 Å². The van der Waals surface area contributed by atoms with E-state index in [0.717, 1.165) is 39.3 Å². The maximum atomic E-state index is 12.6. The summed E-state index contributed by atoms with van der Waals surface area (Å²) < 4.78 is 31.9. The molecule has 9 heteroatoms. The molecule has 0 saturated carbocycles. The van der Waals surface area contributed by atoms with Crippen molar-refractivity contribution in [3.05, 3.63) is 29.8 Å². The Morgan fingerprint density at radius 1 is 1.20 bits per heavy atom. The molecule has 0 aromatic heterocycles. The molecule has 1 saturated heterocycles. The minimum atomic E-state index is -3.50. The van der Waals surface area contributed by atoms with Gasteiger partial charge in [0.15, 0.2) is 5.96 Å². The molecular weight excluding hydrogens is 402 g/mol. The number of hydrogen-bond donors (Lipinski definition) is 2. The molecule has 1 atom stereocenters. The monoisotopic (exact) mass is 439 g/mol. The lowest BCUT2D eigenvalue weighted by molar-refractivity contribution is 0.0132. The van der Waals surface area contributed by atoms with Crippen LogP contribution in [0.5, 0.6) is 0 Å². The summed E-state index contributed by atoms with van der Waals surface area (Å²) in [5.41, 5.74) is 0.709. The van der Waals surface area contributed by atoms with Gasteiger partial charge < -0.3 is 15.4 Å². The second-order valence-electron chi connectivity index (χ2n) is 8.13. The van der Waals surface area contributed by atoms with Crippen LogP contribution in [0.4, 0.5) is 0 Å². The summed E-state index contributed by atoms with van der Waals surface area (Å²) in [4.78, 5) is 7.10. The fourth-order valence-electron chi connectivity index (χ4n) is 3.56. The summed E-state index contributed by atoms with van der Waals surface area (Å²) in [6.45, 7) is 9.06.